The molecule has 0 saturated carbocycles. The lowest BCUT2D eigenvalue weighted by Crippen LogP contribution is -2.61. The third kappa shape index (κ3) is 4.95. The number of carbonyl (C=O) groups excluding carboxylic acids is 1. The summed E-state index contributed by atoms with van der Waals surface area (Å²) in [7, 11) is 1.55. The molecule has 3 aromatic rings. The van der Waals surface area contributed by atoms with E-state index in [1.54, 1.807) is 31.6 Å². The minimum atomic E-state index is -0.0600. The van der Waals surface area contributed by atoms with Crippen LogP contribution in [0.5, 0.6) is 11.5 Å². The topological polar surface area (TPSA) is 91.6 Å². The first-order valence-electron chi connectivity index (χ1n) is 13.6. The van der Waals surface area contributed by atoms with Gasteiger partial charge in [-0.2, -0.15) is 5.26 Å². The summed E-state index contributed by atoms with van der Waals surface area (Å²) in [6, 6.07) is 16.5. The Kier molecular flexibility index (Phi) is 6.69. The molecule has 2 aliphatic heterocycles. The van der Waals surface area contributed by atoms with Crippen LogP contribution < -0.4 is 9.47 Å². The van der Waals surface area contributed by atoms with E-state index in [0.29, 0.717) is 28.5 Å². The van der Waals surface area contributed by atoms with Gasteiger partial charge in [0.2, 0.25) is 0 Å². The lowest BCUT2D eigenvalue weighted by Gasteiger charge is -2.56. The summed E-state index contributed by atoms with van der Waals surface area (Å²) in [5, 5.41) is 9.38. The monoisotopic (exact) mass is 523 g/mol. The van der Waals surface area contributed by atoms with Crippen molar-refractivity contribution in [3.8, 4) is 28.8 Å². The maximum atomic E-state index is 12.8. The Morgan fingerprint density at radius 2 is 1.95 bits per heavy atom. The number of piperidine rings is 1. The minimum Gasteiger partial charge on any atom is -0.497 e. The first-order chi connectivity index (χ1) is 19.0. The lowest BCUT2D eigenvalue weighted by atomic mass is 9.71. The summed E-state index contributed by atoms with van der Waals surface area (Å²) in [6.07, 6.45) is 5.94. The number of amides is 1. The largest absolute Gasteiger partial charge is 0.497 e. The van der Waals surface area contributed by atoms with E-state index in [1.165, 1.54) is 11.1 Å². The number of nitrogens with zero attached hydrogens (tertiary/aromatic N) is 5. The van der Waals surface area contributed by atoms with Gasteiger partial charge < -0.3 is 14.4 Å². The van der Waals surface area contributed by atoms with Crippen LogP contribution in [-0.2, 0) is 11.2 Å². The normalized spacial score (nSPS) is 19.7. The number of likely N-dealkylation sites (tertiary alicyclic amines) is 2. The molecule has 1 unspecified atom stereocenters. The zero-order valence-electron chi connectivity index (χ0n) is 22.5. The van der Waals surface area contributed by atoms with Crippen LogP contribution in [0.1, 0.15) is 47.7 Å². The number of rotatable bonds is 6. The average Bonchev–Trinajstić information content (AvgIpc) is 3.37. The second-order valence-electron chi connectivity index (χ2n) is 11.1. The van der Waals surface area contributed by atoms with Crippen LogP contribution in [0, 0.1) is 23.7 Å². The maximum Gasteiger partial charge on any atom is 0.260 e. The quantitative estimate of drug-likeness (QED) is 0.475. The third-order valence-corrected chi connectivity index (χ3v) is 8.64. The lowest BCUT2D eigenvalue weighted by molar-refractivity contribution is -0.139. The summed E-state index contributed by atoms with van der Waals surface area (Å²) in [6.45, 7) is 5.64. The van der Waals surface area contributed by atoms with E-state index in [-0.39, 0.29) is 12.5 Å². The van der Waals surface area contributed by atoms with Crippen molar-refractivity contribution in [2.75, 3.05) is 39.9 Å². The molecule has 1 aromatic heterocycles. The highest BCUT2D eigenvalue weighted by molar-refractivity contribution is 5.78. The number of fused-ring (bicyclic) bond motifs is 1. The predicted octanol–water partition coefficient (Wildman–Crippen LogP) is 4.32. The molecule has 8 heteroatoms. The van der Waals surface area contributed by atoms with Crippen molar-refractivity contribution in [3.63, 3.8) is 0 Å². The summed E-state index contributed by atoms with van der Waals surface area (Å²) < 4.78 is 10.9. The standard InChI is InChI=1S/C31H33N5O3/c1-21-13-27(34-20-33-21)23-3-6-26-22(14-23)4-7-28(26)36-18-31(19-36)9-11-35(12-10-31)30(37)17-39-29-8-5-25(38-2)15-24(29)16-32/h3,5-6,8,13-15,20,28H,4,7,9-12,17-19H2,1-2H3. The second kappa shape index (κ2) is 10.3. The highest BCUT2D eigenvalue weighted by atomic mass is 16.5. The van der Waals surface area contributed by atoms with Crippen molar-refractivity contribution in [2.24, 2.45) is 5.41 Å². The molecule has 200 valence electrons. The molecule has 2 aromatic carbocycles. The van der Waals surface area contributed by atoms with Gasteiger partial charge in [0.1, 0.15) is 23.9 Å². The molecule has 39 heavy (non-hydrogen) atoms. The van der Waals surface area contributed by atoms with Gasteiger partial charge in [-0.15, -0.1) is 0 Å². The van der Waals surface area contributed by atoms with Gasteiger partial charge in [0, 0.05) is 49.5 Å². The maximum absolute atomic E-state index is 12.8. The second-order valence-corrected chi connectivity index (χ2v) is 11.1. The van der Waals surface area contributed by atoms with Gasteiger partial charge in [0.15, 0.2) is 6.61 Å². The van der Waals surface area contributed by atoms with Crippen LogP contribution in [0.3, 0.4) is 0 Å². The summed E-state index contributed by atoms with van der Waals surface area (Å²) in [5.41, 5.74) is 6.70. The number of benzene rings is 2. The Hall–Kier alpha value is -3.96. The molecule has 6 rings (SSSR count). The molecule has 8 nitrogen and oxygen atoms in total. The summed E-state index contributed by atoms with van der Waals surface area (Å²) in [4.78, 5) is 26.1. The van der Waals surface area contributed by atoms with Crippen molar-refractivity contribution in [3.05, 3.63) is 71.2 Å². The van der Waals surface area contributed by atoms with Crippen molar-refractivity contribution in [1.82, 2.24) is 19.8 Å². The van der Waals surface area contributed by atoms with Crippen LogP contribution in [0.2, 0.25) is 0 Å². The van der Waals surface area contributed by atoms with E-state index in [0.717, 1.165) is 68.8 Å². The molecule has 3 heterocycles. The molecule has 1 aliphatic carbocycles. The van der Waals surface area contributed by atoms with Crippen LogP contribution in [0.4, 0.5) is 0 Å². The molecule has 1 spiro atoms. The molecule has 2 saturated heterocycles. The SMILES string of the molecule is COc1ccc(OCC(=O)N2CCC3(CC2)CN(C2CCc4cc(-c5cc(C)ncn5)ccc42)C3)c(C#N)c1. The van der Waals surface area contributed by atoms with Crippen LogP contribution in [0.15, 0.2) is 48.8 Å². The number of methoxy groups -OCH3 is 1. The number of nitriles is 1. The van der Waals surface area contributed by atoms with E-state index in [1.807, 2.05) is 17.9 Å². The number of ether oxygens (including phenoxy) is 2. The molecule has 2 fully saturated rings. The van der Waals surface area contributed by atoms with Gasteiger partial charge >= 0.3 is 0 Å². The van der Waals surface area contributed by atoms with E-state index in [4.69, 9.17) is 9.47 Å². The van der Waals surface area contributed by atoms with Gasteiger partial charge in [0.05, 0.1) is 18.4 Å². The van der Waals surface area contributed by atoms with E-state index < -0.39 is 0 Å². The van der Waals surface area contributed by atoms with Gasteiger partial charge in [-0.25, -0.2) is 9.97 Å². The zero-order chi connectivity index (χ0) is 27.0. The molecule has 0 radical (unpaired) electrons. The van der Waals surface area contributed by atoms with Crippen LogP contribution in [-0.4, -0.2) is 65.6 Å². The first kappa shape index (κ1) is 25.3. The predicted molar refractivity (Wildman–Crippen MR) is 146 cm³/mol. The Balaban J connectivity index is 1.01. The molecular formula is C31H33N5O3. The van der Waals surface area contributed by atoms with Crippen LogP contribution >= 0.6 is 0 Å². The molecular weight excluding hydrogens is 490 g/mol. The molecule has 0 N–H and O–H groups in total. The fourth-order valence-electron chi connectivity index (χ4n) is 6.41. The van der Waals surface area contributed by atoms with Crippen LogP contribution in [0.25, 0.3) is 11.3 Å². The van der Waals surface area contributed by atoms with Crippen molar-refractivity contribution in [2.45, 2.75) is 38.6 Å². The van der Waals surface area contributed by atoms with E-state index in [2.05, 4.69) is 39.1 Å². The molecule has 1 amide bonds. The smallest absolute Gasteiger partial charge is 0.260 e. The van der Waals surface area contributed by atoms with Crippen molar-refractivity contribution in [1.29, 1.82) is 5.26 Å². The highest BCUT2D eigenvalue weighted by Crippen LogP contribution is 2.48. The fourth-order valence-corrected chi connectivity index (χ4v) is 6.41. The third-order valence-electron chi connectivity index (χ3n) is 8.64. The Labute approximate surface area is 229 Å². The number of carbonyl (C=O) groups is 1. The Morgan fingerprint density at radius 1 is 1.13 bits per heavy atom. The summed E-state index contributed by atoms with van der Waals surface area (Å²) in [5.74, 6) is 0.968. The fraction of sp³-hybridized carbons (Fsp3) is 0.419. The van der Waals surface area contributed by atoms with Gasteiger partial charge in [-0.1, -0.05) is 12.1 Å². The van der Waals surface area contributed by atoms with E-state index >= 15 is 0 Å². The van der Waals surface area contributed by atoms with Gasteiger partial charge in [-0.3, -0.25) is 9.69 Å². The number of hydrogen-bond donors (Lipinski definition) is 0. The number of hydrogen-bond acceptors (Lipinski definition) is 7. The van der Waals surface area contributed by atoms with Crippen molar-refractivity contribution >= 4 is 5.91 Å². The number of aryl methyl sites for hydroxylation is 2. The highest BCUT2D eigenvalue weighted by Gasteiger charge is 2.48. The van der Waals surface area contributed by atoms with Gasteiger partial charge in [-0.05, 0) is 73.4 Å². The number of aromatic nitrogens is 2. The Morgan fingerprint density at radius 3 is 2.69 bits per heavy atom. The Bertz CT molecular complexity index is 1430. The van der Waals surface area contributed by atoms with E-state index in [9.17, 15) is 10.1 Å². The average molecular weight is 524 g/mol. The summed E-state index contributed by atoms with van der Waals surface area (Å²) >= 11 is 0. The molecule has 0 bridgehead atoms. The minimum absolute atomic E-state index is 0.0276. The van der Waals surface area contributed by atoms with Crippen molar-refractivity contribution < 1.29 is 14.3 Å². The molecule has 3 aliphatic rings. The van der Waals surface area contributed by atoms with Gasteiger partial charge in [0.25, 0.3) is 5.91 Å². The first-order valence-corrected chi connectivity index (χ1v) is 13.6. The molecule has 1 atom stereocenters. The zero-order valence-corrected chi connectivity index (χ0v) is 22.5.